The molecule has 0 aromatic carbocycles. The Labute approximate surface area is 194 Å². The largest absolute Gasteiger partial charge is 0.356 e. The van der Waals surface area contributed by atoms with Gasteiger partial charge >= 0.3 is 0 Å². The van der Waals surface area contributed by atoms with Crippen molar-refractivity contribution in [3.05, 3.63) is 22.1 Å². The van der Waals surface area contributed by atoms with Gasteiger partial charge in [0.05, 0.1) is 0 Å². The number of rotatable bonds is 8. The van der Waals surface area contributed by atoms with E-state index in [1.54, 1.807) is 6.07 Å². The minimum Gasteiger partial charge on any atom is -0.356 e. The third-order valence-corrected chi connectivity index (χ3v) is 7.55. The number of nitrogens with one attached hydrogen (secondary N) is 1. The molecule has 2 aromatic rings. The highest BCUT2D eigenvalue weighted by Crippen LogP contribution is 2.27. The minimum absolute atomic E-state index is 0.0656. The minimum atomic E-state index is -0.115. The molecule has 4 rings (SSSR count). The fraction of sp³-hybridized carbons (Fsp3) is 0.739. The van der Waals surface area contributed by atoms with Crippen molar-refractivity contribution in [1.29, 1.82) is 0 Å². The molecule has 176 valence electrons. The van der Waals surface area contributed by atoms with Crippen molar-refractivity contribution in [2.24, 2.45) is 5.92 Å². The van der Waals surface area contributed by atoms with Gasteiger partial charge in [-0.15, -0.1) is 5.10 Å². The van der Waals surface area contributed by atoms with Crippen LogP contribution in [-0.2, 0) is 11.2 Å². The molecule has 2 fully saturated rings. The van der Waals surface area contributed by atoms with E-state index >= 15 is 0 Å². The second-order valence-corrected chi connectivity index (χ2v) is 10.0. The van der Waals surface area contributed by atoms with Gasteiger partial charge in [-0.1, -0.05) is 37.5 Å². The molecular formula is C23H36N6O2S. The molecule has 9 heteroatoms. The predicted molar refractivity (Wildman–Crippen MR) is 129 cm³/mol. The number of hydrogen-bond donors (Lipinski definition) is 1. The summed E-state index contributed by atoms with van der Waals surface area (Å²) >= 11 is 1.46. The molecule has 0 atom stereocenters. The zero-order chi connectivity index (χ0) is 22.3. The molecule has 1 amide bonds. The van der Waals surface area contributed by atoms with E-state index in [1.807, 2.05) is 0 Å². The summed E-state index contributed by atoms with van der Waals surface area (Å²) < 4.78 is 1.41. The van der Waals surface area contributed by atoms with Crippen LogP contribution in [0.5, 0.6) is 0 Å². The van der Waals surface area contributed by atoms with Gasteiger partial charge in [0.2, 0.25) is 16.0 Å². The molecule has 0 aliphatic carbocycles. The van der Waals surface area contributed by atoms with Crippen molar-refractivity contribution in [2.75, 3.05) is 44.2 Å². The first-order valence-corrected chi connectivity index (χ1v) is 13.1. The summed E-state index contributed by atoms with van der Waals surface area (Å²) in [7, 11) is 0. The molecule has 2 aromatic heterocycles. The number of piperidine rings is 1. The van der Waals surface area contributed by atoms with Crippen molar-refractivity contribution in [3.63, 3.8) is 0 Å². The summed E-state index contributed by atoms with van der Waals surface area (Å²) in [6.07, 6.45) is 9.76. The summed E-state index contributed by atoms with van der Waals surface area (Å²) in [6.45, 7) is 7.91. The van der Waals surface area contributed by atoms with E-state index < -0.39 is 0 Å². The number of fused-ring (bicyclic) bond motifs is 1. The van der Waals surface area contributed by atoms with Gasteiger partial charge in [0, 0.05) is 37.3 Å². The van der Waals surface area contributed by atoms with Crippen molar-refractivity contribution in [3.8, 4) is 0 Å². The first-order valence-electron chi connectivity index (χ1n) is 12.3. The SMILES string of the molecule is CCCc1cc(=O)n2nc(N3CCC(C(=O)NCCCN4CCCCCC4)CC3)sc2n1. The van der Waals surface area contributed by atoms with Gasteiger partial charge in [0.15, 0.2) is 0 Å². The maximum atomic E-state index is 12.6. The van der Waals surface area contributed by atoms with Gasteiger partial charge in [-0.2, -0.15) is 4.52 Å². The van der Waals surface area contributed by atoms with Crippen molar-refractivity contribution in [2.45, 2.75) is 64.7 Å². The van der Waals surface area contributed by atoms with E-state index in [1.165, 1.54) is 54.6 Å². The molecule has 0 saturated carbocycles. The number of carbonyl (C=O) groups excluding carboxylic acids is 1. The molecule has 0 radical (unpaired) electrons. The number of hydrogen-bond acceptors (Lipinski definition) is 7. The number of nitrogens with zero attached hydrogens (tertiary/aromatic N) is 5. The number of carbonyl (C=O) groups is 1. The topological polar surface area (TPSA) is 82.8 Å². The lowest BCUT2D eigenvalue weighted by Gasteiger charge is -2.30. The Hall–Kier alpha value is -2.00. The standard InChI is InChI=1S/C23H36N6O2S/c1-2-8-19-17-20(30)29-22(25-19)32-23(26-29)28-15-9-18(10-16-28)21(31)24-11-7-14-27-12-5-3-4-6-13-27/h17-18H,2-16H2,1H3,(H,24,31). The van der Waals surface area contributed by atoms with E-state index in [-0.39, 0.29) is 17.4 Å². The van der Waals surface area contributed by atoms with Crippen LogP contribution in [0.1, 0.15) is 64.0 Å². The average molecular weight is 461 g/mol. The summed E-state index contributed by atoms with van der Waals surface area (Å²) in [4.78, 5) is 34.9. The zero-order valence-electron chi connectivity index (χ0n) is 19.2. The fourth-order valence-corrected chi connectivity index (χ4v) is 5.69. The van der Waals surface area contributed by atoms with Crippen LogP contribution >= 0.6 is 11.3 Å². The monoisotopic (exact) mass is 460 g/mol. The molecule has 32 heavy (non-hydrogen) atoms. The molecule has 8 nitrogen and oxygen atoms in total. The first-order chi connectivity index (χ1) is 15.6. The lowest BCUT2D eigenvalue weighted by molar-refractivity contribution is -0.125. The van der Waals surface area contributed by atoms with E-state index in [2.05, 4.69) is 32.1 Å². The van der Waals surface area contributed by atoms with Gasteiger partial charge in [-0.25, -0.2) is 4.98 Å². The van der Waals surface area contributed by atoms with Crippen LogP contribution in [0, 0.1) is 5.92 Å². The summed E-state index contributed by atoms with van der Waals surface area (Å²) in [5, 5.41) is 8.48. The Morgan fingerprint density at radius 3 is 2.62 bits per heavy atom. The molecule has 2 saturated heterocycles. The third kappa shape index (κ3) is 5.86. The molecular weight excluding hydrogens is 424 g/mol. The average Bonchev–Trinajstić information content (AvgIpc) is 3.06. The van der Waals surface area contributed by atoms with Crippen LogP contribution in [0.25, 0.3) is 4.96 Å². The summed E-state index contributed by atoms with van der Waals surface area (Å²) in [5.41, 5.74) is 0.717. The Balaban J connectivity index is 1.23. The molecule has 1 N–H and O–H groups in total. The van der Waals surface area contributed by atoms with Gasteiger partial charge < -0.3 is 15.1 Å². The highest BCUT2D eigenvalue weighted by atomic mass is 32.1. The van der Waals surface area contributed by atoms with Crippen LogP contribution in [0.4, 0.5) is 5.13 Å². The maximum Gasteiger partial charge on any atom is 0.275 e. The zero-order valence-corrected chi connectivity index (χ0v) is 20.0. The summed E-state index contributed by atoms with van der Waals surface area (Å²) in [6, 6.07) is 1.59. The molecule has 4 heterocycles. The van der Waals surface area contributed by atoms with E-state index in [0.29, 0.717) is 4.96 Å². The van der Waals surface area contributed by atoms with Crippen LogP contribution in [0.3, 0.4) is 0 Å². The molecule has 2 aliphatic heterocycles. The molecule has 0 unspecified atom stereocenters. The third-order valence-electron chi connectivity index (χ3n) is 6.58. The Kier molecular flexibility index (Phi) is 8.13. The number of likely N-dealkylation sites (tertiary alicyclic amines) is 1. The van der Waals surface area contributed by atoms with E-state index in [9.17, 15) is 9.59 Å². The lowest BCUT2D eigenvalue weighted by Crippen LogP contribution is -2.41. The van der Waals surface area contributed by atoms with Crippen molar-refractivity contribution >= 4 is 27.3 Å². The maximum absolute atomic E-state index is 12.6. The second kappa shape index (κ2) is 11.2. The number of anilines is 1. The van der Waals surface area contributed by atoms with Crippen LogP contribution in [0.15, 0.2) is 10.9 Å². The molecule has 0 spiro atoms. The van der Waals surface area contributed by atoms with Gasteiger partial charge in [-0.3, -0.25) is 9.59 Å². The first kappa shape index (κ1) is 23.2. The normalized spacial score (nSPS) is 18.7. The van der Waals surface area contributed by atoms with Crippen molar-refractivity contribution < 1.29 is 4.79 Å². The Bertz CT molecular complexity index is 942. The number of aromatic nitrogens is 3. The second-order valence-electron chi connectivity index (χ2n) is 9.08. The fourth-order valence-electron chi connectivity index (χ4n) is 4.71. The van der Waals surface area contributed by atoms with E-state index in [0.717, 1.165) is 69.1 Å². The van der Waals surface area contributed by atoms with Gasteiger partial charge in [0.25, 0.3) is 5.56 Å². The molecule has 2 aliphatic rings. The van der Waals surface area contributed by atoms with Crippen LogP contribution < -0.4 is 15.8 Å². The lowest BCUT2D eigenvalue weighted by atomic mass is 9.96. The van der Waals surface area contributed by atoms with Gasteiger partial charge in [-0.05, 0) is 58.2 Å². The number of aryl methyl sites for hydroxylation is 1. The highest BCUT2D eigenvalue weighted by molar-refractivity contribution is 7.20. The van der Waals surface area contributed by atoms with Crippen LogP contribution in [-0.4, -0.2) is 64.7 Å². The Morgan fingerprint density at radius 1 is 1.16 bits per heavy atom. The molecule has 0 bridgehead atoms. The predicted octanol–water partition coefficient (Wildman–Crippen LogP) is 2.70. The highest BCUT2D eigenvalue weighted by Gasteiger charge is 2.26. The van der Waals surface area contributed by atoms with Crippen molar-refractivity contribution in [1.82, 2.24) is 24.8 Å². The summed E-state index contributed by atoms with van der Waals surface area (Å²) in [5.74, 6) is 0.253. The number of amides is 1. The van der Waals surface area contributed by atoms with Crippen LogP contribution in [0.2, 0.25) is 0 Å². The smallest absolute Gasteiger partial charge is 0.275 e. The van der Waals surface area contributed by atoms with E-state index in [4.69, 9.17) is 0 Å². The van der Waals surface area contributed by atoms with Gasteiger partial charge in [0.1, 0.15) is 0 Å². The Morgan fingerprint density at radius 2 is 1.91 bits per heavy atom. The quantitative estimate of drug-likeness (QED) is 0.610.